The van der Waals surface area contributed by atoms with Crippen molar-refractivity contribution >= 4 is 78.1 Å². The second-order valence-corrected chi connectivity index (χ2v) is 13.1. The van der Waals surface area contributed by atoms with Crippen molar-refractivity contribution in [2.24, 2.45) is 0 Å². The van der Waals surface area contributed by atoms with Crippen molar-refractivity contribution in [1.29, 1.82) is 0 Å². The van der Waals surface area contributed by atoms with Crippen molar-refractivity contribution in [3.05, 3.63) is 127 Å². The fraction of sp³-hybridized carbons (Fsp3) is 0.0270. The first-order valence-electron chi connectivity index (χ1n) is 15.9. The molecule has 0 aliphatic carbocycles. The van der Waals surface area contributed by atoms with Crippen LogP contribution in [0.5, 0.6) is 0 Å². The quantitative estimate of drug-likeness (QED) is 0.0434. The number of carbonyl (C=O) groups is 4. The second-order valence-electron chi connectivity index (χ2n) is 13.1. The number of carbonyl (C=O) groups excluding carboxylic acids is 4. The summed E-state index contributed by atoms with van der Waals surface area (Å²) in [6, 6.07) is 0. The number of benzene rings is 7. The maximum atomic E-state index is 16.8. The molecule has 23 heteroatoms. The van der Waals surface area contributed by atoms with E-state index >= 15 is 30.7 Å². The van der Waals surface area contributed by atoms with E-state index in [0.29, 0.717) is 6.92 Å². The molecular formula is C37H3F17N2O4. The molecule has 0 spiro atoms. The van der Waals surface area contributed by atoms with Gasteiger partial charge in [0.1, 0.15) is 17.2 Å². The molecule has 0 saturated carbocycles. The minimum absolute atomic E-state index is 0.514. The van der Waals surface area contributed by atoms with Crippen LogP contribution in [0, 0.1) is 106 Å². The summed E-state index contributed by atoms with van der Waals surface area (Å²) in [5.41, 5.74) is -13.7. The van der Waals surface area contributed by atoms with Crippen LogP contribution in [-0.2, 0) is 0 Å². The predicted molar refractivity (Wildman–Crippen MR) is 167 cm³/mol. The molecule has 2 aliphatic heterocycles. The number of imide groups is 2. The Morgan fingerprint density at radius 1 is 0.250 bits per heavy atom. The van der Waals surface area contributed by atoms with E-state index in [-0.39, 0.29) is 0 Å². The Morgan fingerprint density at radius 3 is 0.783 bits per heavy atom. The van der Waals surface area contributed by atoms with E-state index in [1.54, 1.807) is 0 Å². The van der Waals surface area contributed by atoms with Gasteiger partial charge in [0.05, 0.1) is 22.3 Å². The topological polar surface area (TPSA) is 74.8 Å². The molecule has 60 heavy (non-hydrogen) atoms. The maximum Gasteiger partial charge on any atom is 0.269 e. The van der Waals surface area contributed by atoms with E-state index in [1.165, 1.54) is 0 Å². The van der Waals surface area contributed by atoms with E-state index in [0.717, 1.165) is 0 Å². The van der Waals surface area contributed by atoms with Crippen LogP contribution in [0.25, 0.3) is 43.1 Å². The molecule has 0 N–H and O–H groups in total. The minimum atomic E-state index is -2.91. The first-order chi connectivity index (χ1) is 28.0. The zero-order valence-corrected chi connectivity index (χ0v) is 28.0. The van der Waals surface area contributed by atoms with Crippen molar-refractivity contribution in [3.63, 3.8) is 0 Å². The van der Waals surface area contributed by atoms with Crippen LogP contribution >= 0.6 is 0 Å². The van der Waals surface area contributed by atoms with Crippen LogP contribution in [0.15, 0.2) is 0 Å². The summed E-state index contributed by atoms with van der Waals surface area (Å²) < 4.78 is 260. The second kappa shape index (κ2) is 11.8. The van der Waals surface area contributed by atoms with E-state index in [4.69, 9.17) is 0 Å². The molecule has 2 aliphatic rings. The summed E-state index contributed by atoms with van der Waals surface area (Å²) in [6.45, 7) is 0.514. The summed E-state index contributed by atoms with van der Waals surface area (Å²) in [5.74, 6) is -56.3. The van der Waals surface area contributed by atoms with Crippen molar-refractivity contribution in [1.82, 2.24) is 0 Å². The molecular weight excluding hydrogens is 859 g/mol. The number of fused-ring (bicyclic) bond motifs is 2. The number of nitrogens with zero attached hydrogens (tertiary/aromatic N) is 2. The van der Waals surface area contributed by atoms with Crippen LogP contribution in [0.4, 0.5) is 86.0 Å². The number of hydrogen-bond donors (Lipinski definition) is 0. The van der Waals surface area contributed by atoms with Gasteiger partial charge < -0.3 is 0 Å². The molecule has 0 bridgehead atoms. The molecule has 0 fully saturated rings. The highest BCUT2D eigenvalue weighted by Gasteiger charge is 2.49. The molecule has 0 saturated heterocycles. The largest absolute Gasteiger partial charge is 0.269 e. The lowest BCUT2D eigenvalue weighted by Gasteiger charge is -2.32. The molecule has 0 unspecified atom stereocenters. The number of amides is 4. The van der Waals surface area contributed by atoms with Crippen LogP contribution in [-0.4, -0.2) is 23.6 Å². The molecule has 6 nitrogen and oxygen atoms in total. The Kier molecular flexibility index (Phi) is 7.55. The third-order valence-electron chi connectivity index (χ3n) is 10.3. The van der Waals surface area contributed by atoms with E-state index in [2.05, 4.69) is 0 Å². The van der Waals surface area contributed by atoms with Gasteiger partial charge in [0.2, 0.25) is 11.6 Å². The van der Waals surface area contributed by atoms with Gasteiger partial charge >= 0.3 is 0 Å². The molecule has 7 aromatic rings. The van der Waals surface area contributed by atoms with Gasteiger partial charge in [-0.1, -0.05) is 0 Å². The van der Waals surface area contributed by atoms with Crippen molar-refractivity contribution < 1.29 is 93.8 Å². The Morgan fingerprint density at radius 2 is 0.483 bits per heavy atom. The molecule has 9 rings (SSSR count). The van der Waals surface area contributed by atoms with E-state index < -0.39 is 215 Å². The standard InChI is InChI=1S/C37H3F17N2O4/c1-2-3-4-5-8(15(2)38)9-6-7-13(20(43)16(9)39)36(59)56(33-30(53)26(49)23(46)27(50)31(33)54)37(60)14(7)21(44)18(41)11(6)10(5)17(40)19(42)12(4)35(58)55(34(3)57)32-28(51)24(47)22(45)25(48)29(32)52/h1H3. The molecule has 0 aromatic heterocycles. The number of rotatable bonds is 2. The van der Waals surface area contributed by atoms with Gasteiger partial charge in [0.15, 0.2) is 81.4 Å². The summed E-state index contributed by atoms with van der Waals surface area (Å²) in [4.78, 5) is 52.9. The number of halogens is 17. The molecule has 0 atom stereocenters. The molecule has 7 aromatic carbocycles. The van der Waals surface area contributed by atoms with Gasteiger partial charge in [0, 0.05) is 43.1 Å². The maximum absolute atomic E-state index is 16.8. The monoisotopic (exact) mass is 862 g/mol. The summed E-state index contributed by atoms with van der Waals surface area (Å²) >= 11 is 0. The summed E-state index contributed by atoms with van der Waals surface area (Å²) in [7, 11) is 0. The van der Waals surface area contributed by atoms with Gasteiger partial charge in [-0.05, 0) is 12.5 Å². The fourth-order valence-electron chi connectivity index (χ4n) is 7.84. The first-order valence-corrected chi connectivity index (χ1v) is 15.9. The molecule has 0 radical (unpaired) electrons. The van der Waals surface area contributed by atoms with E-state index in [1.807, 2.05) is 0 Å². The van der Waals surface area contributed by atoms with Crippen LogP contribution < -0.4 is 9.80 Å². The van der Waals surface area contributed by atoms with Gasteiger partial charge in [-0.2, -0.15) is 0 Å². The Bertz CT molecular complexity index is 2980. The Hall–Kier alpha value is -7.07. The van der Waals surface area contributed by atoms with Crippen molar-refractivity contribution in [3.8, 4) is 0 Å². The van der Waals surface area contributed by atoms with Gasteiger partial charge in [-0.3, -0.25) is 19.2 Å². The zero-order valence-electron chi connectivity index (χ0n) is 28.0. The molecule has 4 amide bonds. The lowest BCUT2D eigenvalue weighted by atomic mass is 9.79. The van der Waals surface area contributed by atoms with Crippen LogP contribution in [0.1, 0.15) is 47.0 Å². The summed E-state index contributed by atoms with van der Waals surface area (Å²) in [5, 5.41) is -13.1. The average molecular weight is 862 g/mol. The first kappa shape index (κ1) is 38.4. The normalized spacial score (nSPS) is 14.2. The number of hydrogen-bond acceptors (Lipinski definition) is 4. The Balaban J connectivity index is 1.47. The van der Waals surface area contributed by atoms with Crippen LogP contribution in [0.2, 0.25) is 0 Å². The SMILES string of the molecule is Cc1c2c3c(c(F)c(F)c4c5c(F)c(F)c6c7c(c(F)c(F)c(c(c1F)c34)c75)C(=O)N(c1c(F)c(F)c(F)c(F)c1F)C6=O)C(=O)N(c1c(F)c(F)c(F)c(F)c1F)C2=O. The minimum Gasteiger partial charge on any atom is -0.268 e. The zero-order chi connectivity index (χ0) is 43.9. The number of anilines is 2. The lowest BCUT2D eigenvalue weighted by Crippen LogP contribution is -2.43. The molecule has 2 heterocycles. The predicted octanol–water partition coefficient (Wildman–Crippen LogP) is 10.0. The summed E-state index contributed by atoms with van der Waals surface area (Å²) in [6.07, 6.45) is 0. The van der Waals surface area contributed by atoms with Crippen molar-refractivity contribution in [2.45, 2.75) is 6.92 Å². The van der Waals surface area contributed by atoms with Gasteiger partial charge in [0.25, 0.3) is 23.6 Å². The average Bonchev–Trinajstić information content (AvgIpc) is 3.21. The van der Waals surface area contributed by atoms with Crippen molar-refractivity contribution in [2.75, 3.05) is 9.80 Å². The molecule has 304 valence electrons. The van der Waals surface area contributed by atoms with E-state index in [9.17, 15) is 63.1 Å². The van der Waals surface area contributed by atoms with Gasteiger partial charge in [-0.25, -0.2) is 84.4 Å². The highest BCUT2D eigenvalue weighted by Crippen LogP contribution is 2.53. The fourth-order valence-corrected chi connectivity index (χ4v) is 7.84. The highest BCUT2D eigenvalue weighted by molar-refractivity contribution is 6.46. The Labute approximate surface area is 315 Å². The highest BCUT2D eigenvalue weighted by atomic mass is 19.2. The third kappa shape index (κ3) is 4.06. The smallest absolute Gasteiger partial charge is 0.268 e. The lowest BCUT2D eigenvalue weighted by molar-refractivity contribution is 0.0869. The third-order valence-corrected chi connectivity index (χ3v) is 10.3. The van der Waals surface area contributed by atoms with Gasteiger partial charge in [-0.15, -0.1) is 0 Å². The van der Waals surface area contributed by atoms with Crippen LogP contribution in [0.3, 0.4) is 0 Å².